The van der Waals surface area contributed by atoms with Crippen molar-refractivity contribution in [1.29, 1.82) is 0 Å². The van der Waals surface area contributed by atoms with Gasteiger partial charge in [-0.3, -0.25) is 14.9 Å². The number of nitro benzene ring substituents is 1. The number of Topliss-reactive ketones (excluding diaryl/α,β-unsaturated/α-hetero) is 1. The van der Waals surface area contributed by atoms with Gasteiger partial charge < -0.3 is 4.42 Å². The number of hydrogen-bond donors (Lipinski definition) is 0. The van der Waals surface area contributed by atoms with Crippen molar-refractivity contribution in [1.82, 2.24) is 0 Å². The van der Waals surface area contributed by atoms with Gasteiger partial charge in [0, 0.05) is 28.8 Å². The minimum absolute atomic E-state index is 0.0368. The Kier molecular flexibility index (Phi) is 4.43. The molecule has 0 radical (unpaired) electrons. The largest absolute Gasteiger partial charge is 0.457 e. The van der Waals surface area contributed by atoms with Crippen molar-refractivity contribution >= 4 is 17.5 Å². The molecule has 0 amide bonds. The Morgan fingerprint density at radius 2 is 1.79 bits per heavy atom. The molecule has 1 aliphatic carbocycles. The van der Waals surface area contributed by atoms with Crippen LogP contribution >= 0.6 is 0 Å². The zero-order valence-electron chi connectivity index (χ0n) is 15.7. The van der Waals surface area contributed by atoms with E-state index in [1.807, 2.05) is 25.1 Å². The highest BCUT2D eigenvalue weighted by Crippen LogP contribution is 2.31. The maximum atomic E-state index is 12.9. The maximum Gasteiger partial charge on any atom is 0.269 e. The normalized spacial score (nSPS) is 14.9. The highest BCUT2D eigenvalue weighted by Gasteiger charge is 2.23. The predicted molar refractivity (Wildman–Crippen MR) is 107 cm³/mol. The molecule has 1 aliphatic rings. The van der Waals surface area contributed by atoms with Crippen molar-refractivity contribution in [3.63, 3.8) is 0 Å². The number of allylic oxidation sites excluding steroid dienone is 1. The van der Waals surface area contributed by atoms with E-state index in [-0.39, 0.29) is 11.5 Å². The first-order valence-corrected chi connectivity index (χ1v) is 9.12. The number of carbonyl (C=O) groups is 1. The van der Waals surface area contributed by atoms with Crippen LogP contribution in [0.1, 0.15) is 39.2 Å². The van der Waals surface area contributed by atoms with Gasteiger partial charge in [-0.15, -0.1) is 0 Å². The van der Waals surface area contributed by atoms with E-state index in [0.29, 0.717) is 17.9 Å². The molecule has 0 unspecified atom stereocenters. The standard InChI is InChI=1S/C23H19NO4/c1-14-11-15(2)20-9-5-17(23(25)21(20)12-14)13-19-8-10-22(28-19)16-3-6-18(7-4-16)24(26)27/h3-4,6-8,10-13H,5,9H2,1-2H3/b17-13+. The number of ketones is 1. The fourth-order valence-electron chi connectivity index (χ4n) is 3.72. The van der Waals surface area contributed by atoms with Crippen LogP contribution < -0.4 is 0 Å². The van der Waals surface area contributed by atoms with E-state index in [1.54, 1.807) is 18.2 Å². The molecule has 1 heterocycles. The molecular weight excluding hydrogens is 354 g/mol. The van der Waals surface area contributed by atoms with Crippen LogP contribution in [0.5, 0.6) is 0 Å². The Labute approximate surface area is 162 Å². The van der Waals surface area contributed by atoms with Gasteiger partial charge in [0.15, 0.2) is 5.78 Å². The molecule has 1 aromatic heterocycles. The number of hydrogen-bond acceptors (Lipinski definition) is 4. The minimum atomic E-state index is -0.433. The lowest BCUT2D eigenvalue weighted by molar-refractivity contribution is -0.384. The summed E-state index contributed by atoms with van der Waals surface area (Å²) in [5.74, 6) is 1.27. The monoisotopic (exact) mass is 373 g/mol. The number of nitro groups is 1. The number of benzene rings is 2. The SMILES string of the molecule is Cc1cc(C)c2c(c1)C(=O)/C(=C/c1ccc(-c3ccc([N+](=O)[O-])cc3)o1)CC2. The van der Waals surface area contributed by atoms with Gasteiger partial charge in [-0.2, -0.15) is 0 Å². The van der Waals surface area contributed by atoms with Crippen LogP contribution in [0.15, 0.2) is 58.5 Å². The zero-order valence-corrected chi connectivity index (χ0v) is 15.7. The molecule has 0 fully saturated rings. The van der Waals surface area contributed by atoms with Crippen LogP contribution in [0.3, 0.4) is 0 Å². The number of furan rings is 1. The number of nitrogens with zero attached hydrogens (tertiary/aromatic N) is 1. The topological polar surface area (TPSA) is 73.3 Å². The Hall–Kier alpha value is -3.47. The summed E-state index contributed by atoms with van der Waals surface area (Å²) in [7, 11) is 0. The molecule has 0 aliphatic heterocycles. The van der Waals surface area contributed by atoms with E-state index in [0.717, 1.165) is 34.2 Å². The van der Waals surface area contributed by atoms with E-state index in [9.17, 15) is 14.9 Å². The second kappa shape index (κ2) is 6.93. The van der Waals surface area contributed by atoms with Gasteiger partial charge in [-0.25, -0.2) is 0 Å². The summed E-state index contributed by atoms with van der Waals surface area (Å²) >= 11 is 0. The first-order chi connectivity index (χ1) is 13.4. The van der Waals surface area contributed by atoms with Crippen LogP contribution in [0.2, 0.25) is 0 Å². The number of rotatable bonds is 3. The molecule has 0 atom stereocenters. The zero-order chi connectivity index (χ0) is 19.8. The number of carbonyl (C=O) groups excluding carboxylic acids is 1. The van der Waals surface area contributed by atoms with Gasteiger partial charge in [-0.1, -0.05) is 11.6 Å². The molecule has 5 nitrogen and oxygen atoms in total. The average Bonchev–Trinajstić information content (AvgIpc) is 3.13. The first kappa shape index (κ1) is 17.9. The van der Waals surface area contributed by atoms with Crippen LogP contribution in [0, 0.1) is 24.0 Å². The van der Waals surface area contributed by atoms with E-state index < -0.39 is 4.92 Å². The van der Waals surface area contributed by atoms with Crippen LogP contribution in [-0.4, -0.2) is 10.7 Å². The third-order valence-corrected chi connectivity index (χ3v) is 5.10. The van der Waals surface area contributed by atoms with Crippen molar-refractivity contribution in [2.75, 3.05) is 0 Å². The Morgan fingerprint density at radius 1 is 1.04 bits per heavy atom. The Morgan fingerprint density at radius 3 is 2.50 bits per heavy atom. The third kappa shape index (κ3) is 3.27. The highest BCUT2D eigenvalue weighted by atomic mass is 16.6. The van der Waals surface area contributed by atoms with Gasteiger partial charge >= 0.3 is 0 Å². The summed E-state index contributed by atoms with van der Waals surface area (Å²) in [5, 5.41) is 10.8. The van der Waals surface area contributed by atoms with Crippen LogP contribution in [0.4, 0.5) is 5.69 Å². The van der Waals surface area contributed by atoms with Gasteiger partial charge in [0.05, 0.1) is 4.92 Å². The first-order valence-electron chi connectivity index (χ1n) is 9.12. The summed E-state index contributed by atoms with van der Waals surface area (Å²) in [6, 6.07) is 13.9. The minimum Gasteiger partial charge on any atom is -0.457 e. The van der Waals surface area contributed by atoms with Crippen molar-refractivity contribution in [2.24, 2.45) is 0 Å². The van der Waals surface area contributed by atoms with E-state index >= 15 is 0 Å². The second-order valence-corrected chi connectivity index (χ2v) is 7.11. The number of fused-ring (bicyclic) bond motifs is 1. The molecule has 140 valence electrons. The number of aryl methyl sites for hydroxylation is 2. The quantitative estimate of drug-likeness (QED) is 0.336. The van der Waals surface area contributed by atoms with Crippen LogP contribution in [0.25, 0.3) is 17.4 Å². The van der Waals surface area contributed by atoms with E-state index in [4.69, 9.17) is 4.42 Å². The molecule has 0 saturated heterocycles. The van der Waals surface area contributed by atoms with Crippen LogP contribution in [-0.2, 0) is 6.42 Å². The van der Waals surface area contributed by atoms with Gasteiger partial charge in [0.2, 0.25) is 0 Å². The third-order valence-electron chi connectivity index (χ3n) is 5.10. The van der Waals surface area contributed by atoms with Gasteiger partial charge in [-0.05, 0) is 74.2 Å². The van der Waals surface area contributed by atoms with Crippen molar-refractivity contribution in [3.8, 4) is 11.3 Å². The lowest BCUT2D eigenvalue weighted by atomic mass is 9.83. The summed E-state index contributed by atoms with van der Waals surface area (Å²) in [5.41, 5.74) is 5.71. The molecule has 5 heteroatoms. The molecule has 2 aromatic carbocycles. The summed E-state index contributed by atoms with van der Waals surface area (Å²) in [4.78, 5) is 23.3. The van der Waals surface area contributed by atoms with Crippen molar-refractivity contribution in [2.45, 2.75) is 26.7 Å². The molecule has 0 bridgehead atoms. The highest BCUT2D eigenvalue weighted by molar-refractivity contribution is 6.13. The summed E-state index contributed by atoms with van der Waals surface area (Å²) in [6.07, 6.45) is 3.33. The number of non-ortho nitro benzene ring substituents is 1. The molecule has 28 heavy (non-hydrogen) atoms. The van der Waals surface area contributed by atoms with E-state index in [2.05, 4.69) is 13.0 Å². The molecule has 0 spiro atoms. The van der Waals surface area contributed by atoms with E-state index in [1.165, 1.54) is 17.7 Å². The summed E-state index contributed by atoms with van der Waals surface area (Å²) < 4.78 is 5.86. The van der Waals surface area contributed by atoms with Crippen molar-refractivity contribution < 1.29 is 14.1 Å². The smallest absolute Gasteiger partial charge is 0.269 e. The van der Waals surface area contributed by atoms with Crippen molar-refractivity contribution in [3.05, 3.63) is 92.2 Å². The lowest BCUT2D eigenvalue weighted by Gasteiger charge is -2.20. The molecular formula is C23H19NO4. The average molecular weight is 373 g/mol. The fraction of sp³-hybridized carbons (Fsp3) is 0.174. The predicted octanol–water partition coefficient (Wildman–Crippen LogP) is 5.68. The molecule has 0 N–H and O–H groups in total. The second-order valence-electron chi connectivity index (χ2n) is 7.11. The van der Waals surface area contributed by atoms with Gasteiger partial charge in [0.1, 0.15) is 11.5 Å². The lowest BCUT2D eigenvalue weighted by Crippen LogP contribution is -2.15. The summed E-state index contributed by atoms with van der Waals surface area (Å²) in [6.45, 7) is 4.05. The molecule has 3 aromatic rings. The molecule has 0 saturated carbocycles. The van der Waals surface area contributed by atoms with Gasteiger partial charge in [0.25, 0.3) is 5.69 Å². The Balaban J connectivity index is 1.62. The Bertz CT molecular complexity index is 1120. The maximum absolute atomic E-state index is 12.9. The fourth-order valence-corrected chi connectivity index (χ4v) is 3.72. The molecule has 4 rings (SSSR count).